The lowest BCUT2D eigenvalue weighted by atomic mass is 10.3. The lowest BCUT2D eigenvalue weighted by Crippen LogP contribution is -2.30. The van der Waals surface area contributed by atoms with Gasteiger partial charge in [0.05, 0.1) is 18.3 Å². The number of aromatic nitrogens is 2. The fraction of sp³-hybridized carbons (Fsp3) is 0.231. The molecule has 0 spiro atoms. The largest absolute Gasteiger partial charge is 0.492 e. The topological polar surface area (TPSA) is 58.2 Å². The van der Waals surface area contributed by atoms with Gasteiger partial charge in [-0.25, -0.2) is 4.39 Å². The van der Waals surface area contributed by atoms with E-state index < -0.39 is 0 Å². The molecule has 1 aromatic heterocycles. The maximum absolute atomic E-state index is 12.7. The van der Waals surface area contributed by atoms with Gasteiger partial charge in [0, 0.05) is 13.2 Å². The average molecular weight is 263 g/mol. The summed E-state index contributed by atoms with van der Waals surface area (Å²) < 4.78 is 18.1. The predicted molar refractivity (Wildman–Crippen MR) is 67.4 cm³/mol. The average Bonchev–Trinajstić information content (AvgIpc) is 2.94. The van der Waals surface area contributed by atoms with Gasteiger partial charge in [-0.3, -0.25) is 9.89 Å². The van der Waals surface area contributed by atoms with Gasteiger partial charge in [-0.2, -0.15) is 5.10 Å². The van der Waals surface area contributed by atoms with Crippen LogP contribution in [0.1, 0.15) is 10.4 Å². The molecule has 0 radical (unpaired) electrons. The van der Waals surface area contributed by atoms with E-state index in [2.05, 4.69) is 10.2 Å². The number of hydrogen-bond donors (Lipinski definition) is 1. The third-order valence-electron chi connectivity index (χ3n) is 2.60. The number of likely N-dealkylation sites (N-methyl/N-ethyl adjacent to an activating group) is 1. The van der Waals surface area contributed by atoms with Crippen LogP contribution >= 0.6 is 0 Å². The normalized spacial score (nSPS) is 10.2. The smallest absolute Gasteiger partial charge is 0.256 e. The number of benzene rings is 1. The molecule has 5 nitrogen and oxygen atoms in total. The molecule has 100 valence electrons. The van der Waals surface area contributed by atoms with Gasteiger partial charge in [-0.1, -0.05) is 0 Å². The zero-order chi connectivity index (χ0) is 13.7. The number of amides is 1. The predicted octanol–water partition coefficient (Wildman–Crippen LogP) is 1.70. The molecular formula is C13H14FN3O2. The first kappa shape index (κ1) is 13.1. The van der Waals surface area contributed by atoms with Crippen molar-refractivity contribution in [3.05, 3.63) is 48.0 Å². The lowest BCUT2D eigenvalue weighted by Gasteiger charge is -2.16. The molecule has 2 aromatic rings. The minimum atomic E-state index is -0.306. The Hall–Kier alpha value is -2.37. The first-order valence-electron chi connectivity index (χ1n) is 5.79. The molecule has 0 aliphatic rings. The summed E-state index contributed by atoms with van der Waals surface area (Å²) in [7, 11) is 1.68. The minimum absolute atomic E-state index is 0.128. The van der Waals surface area contributed by atoms with Gasteiger partial charge in [0.1, 0.15) is 18.2 Å². The van der Waals surface area contributed by atoms with E-state index in [0.29, 0.717) is 24.5 Å². The monoisotopic (exact) mass is 263 g/mol. The van der Waals surface area contributed by atoms with Crippen LogP contribution in [0.4, 0.5) is 4.39 Å². The zero-order valence-electron chi connectivity index (χ0n) is 10.5. The highest BCUT2D eigenvalue weighted by Gasteiger charge is 2.12. The summed E-state index contributed by atoms with van der Waals surface area (Å²) in [5, 5.41) is 6.31. The summed E-state index contributed by atoms with van der Waals surface area (Å²) in [6, 6.07) is 5.76. The van der Waals surface area contributed by atoms with Gasteiger partial charge in [-0.05, 0) is 24.3 Å². The maximum atomic E-state index is 12.7. The van der Waals surface area contributed by atoms with Gasteiger partial charge < -0.3 is 9.64 Å². The molecule has 0 aliphatic carbocycles. The van der Waals surface area contributed by atoms with Crippen molar-refractivity contribution >= 4 is 5.91 Å². The Morgan fingerprint density at radius 3 is 2.79 bits per heavy atom. The molecule has 19 heavy (non-hydrogen) atoms. The number of carbonyl (C=O) groups is 1. The Morgan fingerprint density at radius 2 is 2.16 bits per heavy atom. The number of nitrogens with zero attached hydrogens (tertiary/aromatic N) is 2. The summed E-state index contributed by atoms with van der Waals surface area (Å²) in [4.78, 5) is 13.4. The molecule has 0 saturated carbocycles. The van der Waals surface area contributed by atoms with Crippen molar-refractivity contribution in [2.75, 3.05) is 20.2 Å². The Kier molecular flexibility index (Phi) is 4.12. The van der Waals surface area contributed by atoms with E-state index in [9.17, 15) is 9.18 Å². The van der Waals surface area contributed by atoms with E-state index in [4.69, 9.17) is 4.74 Å². The third-order valence-corrected chi connectivity index (χ3v) is 2.60. The number of carbonyl (C=O) groups excluding carboxylic acids is 1. The second-order valence-corrected chi connectivity index (χ2v) is 4.02. The molecule has 1 heterocycles. The summed E-state index contributed by atoms with van der Waals surface area (Å²) in [5.41, 5.74) is 0.504. The molecule has 0 saturated heterocycles. The first-order valence-corrected chi connectivity index (χ1v) is 5.79. The fourth-order valence-electron chi connectivity index (χ4n) is 1.52. The van der Waals surface area contributed by atoms with E-state index in [-0.39, 0.29) is 11.7 Å². The number of H-pyrrole nitrogens is 1. The van der Waals surface area contributed by atoms with Crippen molar-refractivity contribution in [2.45, 2.75) is 0 Å². The molecule has 0 aliphatic heterocycles. The maximum Gasteiger partial charge on any atom is 0.256 e. The zero-order valence-corrected chi connectivity index (χ0v) is 10.5. The van der Waals surface area contributed by atoms with Crippen LogP contribution in [-0.2, 0) is 0 Å². The van der Waals surface area contributed by atoms with Crippen molar-refractivity contribution in [3.8, 4) is 5.75 Å². The second-order valence-electron chi connectivity index (χ2n) is 4.02. The van der Waals surface area contributed by atoms with Crippen molar-refractivity contribution in [1.82, 2.24) is 15.1 Å². The number of aromatic amines is 1. The molecule has 0 fully saturated rings. The van der Waals surface area contributed by atoms with E-state index in [1.165, 1.54) is 23.2 Å². The quantitative estimate of drug-likeness (QED) is 0.893. The van der Waals surface area contributed by atoms with Crippen LogP contribution in [-0.4, -0.2) is 41.2 Å². The third kappa shape index (κ3) is 3.54. The highest BCUT2D eigenvalue weighted by molar-refractivity contribution is 5.93. The number of ether oxygens (including phenoxy) is 1. The molecule has 6 heteroatoms. The summed E-state index contributed by atoms with van der Waals surface area (Å²) in [6.07, 6.45) is 3.01. The number of halogens is 1. The Labute approximate surface area is 110 Å². The molecule has 0 unspecified atom stereocenters. The van der Waals surface area contributed by atoms with Crippen LogP contribution in [0.25, 0.3) is 0 Å². The van der Waals surface area contributed by atoms with Crippen LogP contribution in [0.15, 0.2) is 36.7 Å². The molecule has 1 aromatic carbocycles. The van der Waals surface area contributed by atoms with E-state index >= 15 is 0 Å². The molecule has 0 atom stereocenters. The van der Waals surface area contributed by atoms with Gasteiger partial charge >= 0.3 is 0 Å². The number of nitrogens with one attached hydrogen (secondary N) is 1. The van der Waals surface area contributed by atoms with Crippen molar-refractivity contribution < 1.29 is 13.9 Å². The number of rotatable bonds is 5. The van der Waals surface area contributed by atoms with Crippen molar-refractivity contribution in [3.63, 3.8) is 0 Å². The van der Waals surface area contributed by atoms with Crippen LogP contribution < -0.4 is 4.74 Å². The Morgan fingerprint density at radius 1 is 1.42 bits per heavy atom. The van der Waals surface area contributed by atoms with Crippen LogP contribution in [0, 0.1) is 5.82 Å². The van der Waals surface area contributed by atoms with Crippen LogP contribution in [0.2, 0.25) is 0 Å². The SMILES string of the molecule is CN(CCOc1ccc(F)cc1)C(=O)c1cn[nH]c1. The molecule has 1 N–H and O–H groups in total. The first-order chi connectivity index (χ1) is 9.16. The summed E-state index contributed by atoms with van der Waals surface area (Å²) >= 11 is 0. The standard InChI is InChI=1S/C13H14FN3O2/c1-17(13(18)10-8-15-16-9-10)6-7-19-12-4-2-11(14)3-5-12/h2-5,8-9H,6-7H2,1H3,(H,15,16). The second kappa shape index (κ2) is 5.99. The molecule has 0 bridgehead atoms. The molecular weight excluding hydrogens is 249 g/mol. The van der Waals surface area contributed by atoms with E-state index in [1.54, 1.807) is 25.4 Å². The Balaban J connectivity index is 1.79. The lowest BCUT2D eigenvalue weighted by molar-refractivity contribution is 0.0774. The highest BCUT2D eigenvalue weighted by Crippen LogP contribution is 2.11. The van der Waals surface area contributed by atoms with Gasteiger partial charge in [-0.15, -0.1) is 0 Å². The highest BCUT2D eigenvalue weighted by atomic mass is 19.1. The van der Waals surface area contributed by atoms with Crippen molar-refractivity contribution in [2.24, 2.45) is 0 Å². The van der Waals surface area contributed by atoms with E-state index in [1.807, 2.05) is 0 Å². The van der Waals surface area contributed by atoms with Crippen LogP contribution in [0.5, 0.6) is 5.75 Å². The van der Waals surface area contributed by atoms with Crippen molar-refractivity contribution in [1.29, 1.82) is 0 Å². The van der Waals surface area contributed by atoms with Gasteiger partial charge in [0.25, 0.3) is 5.91 Å². The minimum Gasteiger partial charge on any atom is -0.492 e. The summed E-state index contributed by atoms with van der Waals surface area (Å²) in [6.45, 7) is 0.771. The fourth-order valence-corrected chi connectivity index (χ4v) is 1.52. The van der Waals surface area contributed by atoms with E-state index in [0.717, 1.165) is 0 Å². The summed E-state index contributed by atoms with van der Waals surface area (Å²) in [5.74, 6) is 0.140. The number of hydrogen-bond acceptors (Lipinski definition) is 3. The van der Waals surface area contributed by atoms with Gasteiger partial charge in [0.2, 0.25) is 0 Å². The Bertz CT molecular complexity index is 525. The van der Waals surface area contributed by atoms with Gasteiger partial charge in [0.15, 0.2) is 0 Å². The molecule has 2 rings (SSSR count). The molecule has 1 amide bonds. The van der Waals surface area contributed by atoms with Crippen LogP contribution in [0.3, 0.4) is 0 Å².